The van der Waals surface area contributed by atoms with Crippen LogP contribution in [0.15, 0.2) is 0 Å². The summed E-state index contributed by atoms with van der Waals surface area (Å²) >= 11 is 33.2. The van der Waals surface area contributed by atoms with Gasteiger partial charge in [-0.2, -0.15) is 0 Å². The van der Waals surface area contributed by atoms with Gasteiger partial charge in [0.25, 0.3) is 21.0 Å². The minimum absolute atomic E-state index is 0.128. The first-order chi connectivity index (χ1) is 22.1. The molecule has 0 fully saturated rings. The van der Waals surface area contributed by atoms with Crippen LogP contribution in [0, 0.1) is 21.4 Å². The van der Waals surface area contributed by atoms with Crippen LogP contribution in [0.5, 0.6) is 0 Å². The molecule has 0 bridgehead atoms. The zero-order valence-corrected chi connectivity index (χ0v) is 43.5. The molecule has 0 atom stereocenters. The molecule has 0 aliphatic rings. The molecule has 0 spiro atoms. The second-order valence-electron chi connectivity index (χ2n) is 10.7. The van der Waals surface area contributed by atoms with Crippen LogP contribution in [0.25, 0.3) is 0 Å². The number of carbonyl (C=O) groups excluding carboxylic acids is 4. The van der Waals surface area contributed by atoms with Crippen molar-refractivity contribution in [3.05, 3.63) is 43.7 Å². The van der Waals surface area contributed by atoms with Crippen molar-refractivity contribution in [2.75, 3.05) is 11.5 Å². The highest BCUT2D eigenvalue weighted by Gasteiger charge is 2.33. The number of hydrogen-bond acceptors (Lipinski definition) is 9. The summed E-state index contributed by atoms with van der Waals surface area (Å²) in [5, 5.41) is 14.7. The standard InChI is InChI=1S/C10H22O5Si2.2C8H2Cl2I3NO2/c1-16(2,7-5-9(11)12)15-17(3,4)8-6-10(13)14;2*9-7(15)1-3(11)2(8(10)16)5(13)6(14)4(1)12/h5-8H2,1-4H3,(H,11,12)(H,13,14);2*14H2. The molecular formula is C26H26Cl4I6N2O9Si2. The molecule has 2 aromatic rings. The van der Waals surface area contributed by atoms with Crippen molar-refractivity contribution >= 4 is 243 Å². The summed E-state index contributed by atoms with van der Waals surface area (Å²) < 4.78 is 9.08. The highest BCUT2D eigenvalue weighted by molar-refractivity contribution is 14.1. The lowest BCUT2D eigenvalue weighted by atomic mass is 10.1. The van der Waals surface area contributed by atoms with Crippen LogP contribution in [0.3, 0.4) is 0 Å². The van der Waals surface area contributed by atoms with Crippen LogP contribution in [0.2, 0.25) is 38.3 Å². The van der Waals surface area contributed by atoms with Gasteiger partial charge in [-0.05, 0) is 220 Å². The molecule has 0 heterocycles. The van der Waals surface area contributed by atoms with E-state index in [1.807, 2.05) is 162 Å². The minimum atomic E-state index is -1.99. The Morgan fingerprint density at radius 2 is 0.735 bits per heavy atom. The summed E-state index contributed by atoms with van der Waals surface area (Å²) in [6.07, 6.45) is 0.255. The Kier molecular flexibility index (Phi) is 22.9. The Labute approximate surface area is 386 Å². The highest BCUT2D eigenvalue weighted by atomic mass is 127. The number of benzene rings is 2. The number of anilines is 2. The number of nitrogens with two attached hydrogens (primary N) is 2. The van der Waals surface area contributed by atoms with E-state index in [1.165, 1.54) is 0 Å². The molecule has 6 N–H and O–H groups in total. The van der Waals surface area contributed by atoms with E-state index < -0.39 is 49.5 Å². The van der Waals surface area contributed by atoms with E-state index in [0.717, 1.165) is 0 Å². The summed E-state index contributed by atoms with van der Waals surface area (Å²) in [6.45, 7) is 7.97. The number of carboxylic acids is 2. The predicted molar refractivity (Wildman–Crippen MR) is 249 cm³/mol. The number of carbonyl (C=O) groups is 6. The molecule has 0 saturated heterocycles. The Hall–Kier alpha value is 1.59. The number of halogens is 10. The molecule has 0 aliphatic heterocycles. The van der Waals surface area contributed by atoms with Gasteiger partial charge in [0.15, 0.2) is 16.6 Å². The number of aliphatic carboxylic acids is 2. The third-order valence-electron chi connectivity index (χ3n) is 5.92. The second kappa shape index (κ2) is 22.2. The summed E-state index contributed by atoms with van der Waals surface area (Å²) in [5.74, 6) is -1.61. The van der Waals surface area contributed by atoms with Crippen LogP contribution in [-0.4, -0.2) is 59.8 Å². The first-order valence-corrected chi connectivity index (χ1v) is 27.2. The fourth-order valence-electron chi connectivity index (χ4n) is 3.72. The molecule has 0 aliphatic carbocycles. The molecule has 23 heteroatoms. The number of carboxylic acid groups (broad SMARTS) is 2. The van der Waals surface area contributed by atoms with E-state index in [9.17, 15) is 28.8 Å². The first-order valence-electron chi connectivity index (χ1n) is 13.0. The van der Waals surface area contributed by atoms with E-state index in [0.29, 0.717) is 44.9 Å². The van der Waals surface area contributed by atoms with Crippen LogP contribution < -0.4 is 11.5 Å². The largest absolute Gasteiger partial charge is 0.481 e. The van der Waals surface area contributed by atoms with Gasteiger partial charge in [0.05, 0.1) is 47.9 Å². The molecule has 11 nitrogen and oxygen atoms in total. The Morgan fingerprint density at radius 3 is 0.898 bits per heavy atom. The average molecular weight is 1470 g/mol. The SMILES string of the molecule is C[Si](C)(CCC(=O)O)O[Si](C)(C)CCC(=O)O.Nc1c(I)c(C(=O)Cl)c(I)c(C(=O)Cl)c1I.Nc1c(I)c(C(=O)Cl)c(I)c(C(=O)Cl)c1I. The minimum Gasteiger partial charge on any atom is -0.481 e. The van der Waals surface area contributed by atoms with Gasteiger partial charge in [0.2, 0.25) is 0 Å². The molecule has 0 amide bonds. The Balaban J connectivity index is 0.000000705. The van der Waals surface area contributed by atoms with Crippen molar-refractivity contribution in [1.82, 2.24) is 0 Å². The summed E-state index contributed by atoms with van der Waals surface area (Å²) in [5.41, 5.74) is 13.2. The van der Waals surface area contributed by atoms with Crippen LogP contribution >= 0.6 is 182 Å². The maximum atomic E-state index is 11.3. The van der Waals surface area contributed by atoms with Gasteiger partial charge < -0.3 is 25.8 Å². The molecule has 2 rings (SSSR count). The Morgan fingerprint density at radius 1 is 0.531 bits per heavy atom. The molecule has 2 aromatic carbocycles. The smallest absolute Gasteiger partial charge is 0.303 e. The average Bonchev–Trinajstić information content (AvgIpc) is 2.92. The molecular weight excluding hydrogens is 1440 g/mol. The number of rotatable bonds is 12. The third kappa shape index (κ3) is 16.1. The Bertz CT molecular complexity index is 1480. The maximum Gasteiger partial charge on any atom is 0.303 e. The van der Waals surface area contributed by atoms with Gasteiger partial charge in [0, 0.05) is 20.0 Å². The maximum absolute atomic E-state index is 11.3. The fourth-order valence-corrected chi connectivity index (χ4v) is 22.5. The number of hydrogen-bond donors (Lipinski definition) is 4. The topological polar surface area (TPSA) is 204 Å². The zero-order valence-electron chi connectivity index (χ0n) is 25.5. The van der Waals surface area contributed by atoms with E-state index in [-0.39, 0.29) is 35.1 Å². The molecule has 49 heavy (non-hydrogen) atoms. The number of nitrogen functional groups attached to an aromatic ring is 2. The van der Waals surface area contributed by atoms with E-state index in [4.69, 9.17) is 72.2 Å². The molecule has 272 valence electrons. The molecule has 0 aromatic heterocycles. The van der Waals surface area contributed by atoms with Crippen molar-refractivity contribution in [2.24, 2.45) is 0 Å². The summed E-state index contributed by atoms with van der Waals surface area (Å²) in [7, 11) is -3.97. The van der Waals surface area contributed by atoms with Crippen molar-refractivity contribution in [2.45, 2.75) is 51.1 Å². The first kappa shape index (κ1) is 50.6. The quantitative estimate of drug-likeness (QED) is 0.0681. The highest BCUT2D eigenvalue weighted by Crippen LogP contribution is 2.36. The van der Waals surface area contributed by atoms with E-state index in [2.05, 4.69) is 0 Å². The third-order valence-corrected chi connectivity index (χ3v) is 20.6. The molecule has 0 unspecified atom stereocenters. The second-order valence-corrected chi connectivity index (χ2v) is 27.4. The van der Waals surface area contributed by atoms with Gasteiger partial charge in [0.1, 0.15) is 0 Å². The van der Waals surface area contributed by atoms with Gasteiger partial charge in [-0.15, -0.1) is 0 Å². The van der Waals surface area contributed by atoms with Gasteiger partial charge >= 0.3 is 11.9 Å². The molecule has 0 saturated carbocycles. The van der Waals surface area contributed by atoms with E-state index >= 15 is 0 Å². The lowest BCUT2D eigenvalue weighted by molar-refractivity contribution is -0.137. The predicted octanol–water partition coefficient (Wildman–Crippen LogP) is 10.0. The van der Waals surface area contributed by atoms with Crippen LogP contribution in [0.4, 0.5) is 11.4 Å². The van der Waals surface area contributed by atoms with Gasteiger partial charge in [-0.25, -0.2) is 0 Å². The fraction of sp³-hybridized carbons (Fsp3) is 0.308. The lowest BCUT2D eigenvalue weighted by Gasteiger charge is -2.33. The summed E-state index contributed by atoms with van der Waals surface area (Å²) in [4.78, 5) is 66.1. The van der Waals surface area contributed by atoms with Crippen molar-refractivity contribution in [3.63, 3.8) is 0 Å². The normalized spacial score (nSPS) is 11.1. The molecule has 0 radical (unpaired) electrons. The van der Waals surface area contributed by atoms with Crippen molar-refractivity contribution < 1.29 is 43.1 Å². The van der Waals surface area contributed by atoms with Crippen LogP contribution in [-0.2, 0) is 13.7 Å². The van der Waals surface area contributed by atoms with Crippen molar-refractivity contribution in [3.8, 4) is 0 Å². The van der Waals surface area contributed by atoms with Crippen molar-refractivity contribution in [1.29, 1.82) is 0 Å². The van der Waals surface area contributed by atoms with Gasteiger partial charge in [-0.3, -0.25) is 28.8 Å². The lowest BCUT2D eigenvalue weighted by Crippen LogP contribution is -2.44. The van der Waals surface area contributed by atoms with Gasteiger partial charge in [-0.1, -0.05) is 0 Å². The monoisotopic (exact) mass is 1470 g/mol. The zero-order chi connectivity index (χ0) is 38.9. The van der Waals surface area contributed by atoms with Crippen LogP contribution in [0.1, 0.15) is 54.3 Å². The summed E-state index contributed by atoms with van der Waals surface area (Å²) in [6, 6.07) is 1.15. The van der Waals surface area contributed by atoms with E-state index in [1.54, 1.807) is 0 Å².